The Labute approximate surface area is 222 Å². The summed E-state index contributed by atoms with van der Waals surface area (Å²) in [5.74, 6) is -3.16. The van der Waals surface area contributed by atoms with Crippen molar-refractivity contribution in [2.45, 2.75) is 84.1 Å². The predicted molar refractivity (Wildman–Crippen MR) is 143 cm³/mol. The van der Waals surface area contributed by atoms with Gasteiger partial charge in [0.05, 0.1) is 17.1 Å². The van der Waals surface area contributed by atoms with Crippen LogP contribution in [0.4, 0.5) is 19.0 Å². The molecule has 0 spiro atoms. The zero-order valence-corrected chi connectivity index (χ0v) is 23.1. The van der Waals surface area contributed by atoms with Crippen LogP contribution in [0.25, 0.3) is 10.9 Å². The molecule has 2 N–H and O–H groups in total. The molecule has 6 nitrogen and oxygen atoms in total. The Morgan fingerprint density at radius 1 is 1.16 bits per heavy atom. The smallest absolute Gasteiger partial charge is 0.303 e. The van der Waals surface area contributed by atoms with Crippen LogP contribution >= 0.6 is 0 Å². The third-order valence-corrected chi connectivity index (χ3v) is 7.49. The SMILES string of the molecule is Cc1nc(N[C@H](C)c2cccc(C(F)(F)C(C)(C)O)c2F)c2cc(O[C@H](C)[C@@H]3CCCN3C)c(C)cc2n1. The maximum absolute atomic E-state index is 15.4. The molecule has 4 rings (SSSR count). The fraction of sp³-hybridized carbons (Fsp3) is 0.517. The number of ether oxygens (including phenoxy) is 1. The van der Waals surface area contributed by atoms with Crippen LogP contribution in [0.2, 0.25) is 0 Å². The molecule has 0 bridgehead atoms. The van der Waals surface area contributed by atoms with E-state index in [4.69, 9.17) is 4.74 Å². The van der Waals surface area contributed by atoms with E-state index >= 15 is 4.39 Å². The molecule has 3 atom stereocenters. The molecule has 1 aromatic heterocycles. The molecule has 0 radical (unpaired) electrons. The zero-order chi connectivity index (χ0) is 28.0. The molecule has 206 valence electrons. The van der Waals surface area contributed by atoms with E-state index in [1.54, 1.807) is 13.8 Å². The van der Waals surface area contributed by atoms with Gasteiger partial charge in [0.15, 0.2) is 0 Å². The van der Waals surface area contributed by atoms with Crippen LogP contribution in [-0.2, 0) is 5.92 Å². The number of hydrogen-bond donors (Lipinski definition) is 2. The molecule has 1 aliphatic rings. The number of anilines is 1. The van der Waals surface area contributed by atoms with Crippen molar-refractivity contribution >= 4 is 16.7 Å². The van der Waals surface area contributed by atoms with Gasteiger partial charge in [-0.2, -0.15) is 8.78 Å². The predicted octanol–water partition coefficient (Wildman–Crippen LogP) is 6.28. The first-order chi connectivity index (χ1) is 17.7. The van der Waals surface area contributed by atoms with Crippen molar-refractivity contribution in [1.82, 2.24) is 14.9 Å². The summed E-state index contributed by atoms with van der Waals surface area (Å²) in [5.41, 5.74) is -1.60. The van der Waals surface area contributed by atoms with Gasteiger partial charge in [0.1, 0.15) is 34.9 Å². The molecular weight excluding hydrogens is 493 g/mol. The van der Waals surface area contributed by atoms with Crippen molar-refractivity contribution in [1.29, 1.82) is 0 Å². The first kappa shape index (κ1) is 28.1. The second kappa shape index (κ2) is 10.3. The topological polar surface area (TPSA) is 70.5 Å². The van der Waals surface area contributed by atoms with Gasteiger partial charge < -0.3 is 15.2 Å². The lowest BCUT2D eigenvalue weighted by molar-refractivity contribution is -0.170. The van der Waals surface area contributed by atoms with Gasteiger partial charge in [0.2, 0.25) is 0 Å². The van der Waals surface area contributed by atoms with Gasteiger partial charge in [-0.15, -0.1) is 0 Å². The van der Waals surface area contributed by atoms with Gasteiger partial charge in [-0.25, -0.2) is 14.4 Å². The summed E-state index contributed by atoms with van der Waals surface area (Å²) in [4.78, 5) is 11.4. The van der Waals surface area contributed by atoms with E-state index in [1.165, 1.54) is 12.1 Å². The average molecular weight is 531 g/mol. The van der Waals surface area contributed by atoms with E-state index in [9.17, 15) is 13.9 Å². The highest BCUT2D eigenvalue weighted by atomic mass is 19.3. The van der Waals surface area contributed by atoms with Crippen LogP contribution in [0.15, 0.2) is 30.3 Å². The summed E-state index contributed by atoms with van der Waals surface area (Å²) in [5, 5.41) is 13.9. The second-order valence-electron chi connectivity index (χ2n) is 11.0. The number of fused-ring (bicyclic) bond motifs is 1. The van der Waals surface area contributed by atoms with Gasteiger partial charge in [0, 0.05) is 17.0 Å². The average Bonchev–Trinajstić information content (AvgIpc) is 3.25. The van der Waals surface area contributed by atoms with Crippen LogP contribution in [0.1, 0.15) is 69.1 Å². The molecule has 0 unspecified atom stereocenters. The maximum atomic E-state index is 15.4. The molecule has 1 aliphatic heterocycles. The monoisotopic (exact) mass is 530 g/mol. The molecule has 2 aromatic carbocycles. The molecule has 1 saturated heterocycles. The van der Waals surface area contributed by atoms with Crippen LogP contribution < -0.4 is 10.1 Å². The molecule has 38 heavy (non-hydrogen) atoms. The first-order valence-corrected chi connectivity index (χ1v) is 13.0. The molecule has 1 fully saturated rings. The molecule has 0 saturated carbocycles. The fourth-order valence-corrected chi connectivity index (χ4v) is 5.16. The van der Waals surface area contributed by atoms with E-state index in [2.05, 4.69) is 34.2 Å². The molecule has 2 heterocycles. The second-order valence-corrected chi connectivity index (χ2v) is 11.0. The quantitative estimate of drug-likeness (QED) is 0.357. The van der Waals surface area contributed by atoms with Crippen molar-refractivity contribution in [2.75, 3.05) is 18.9 Å². The van der Waals surface area contributed by atoms with E-state index in [1.807, 2.05) is 19.1 Å². The van der Waals surface area contributed by atoms with Gasteiger partial charge in [-0.05, 0) is 91.7 Å². The Morgan fingerprint density at radius 2 is 1.87 bits per heavy atom. The van der Waals surface area contributed by atoms with Crippen LogP contribution in [0.3, 0.4) is 0 Å². The molecule has 0 amide bonds. The third kappa shape index (κ3) is 5.31. The lowest BCUT2D eigenvalue weighted by Crippen LogP contribution is -2.41. The third-order valence-electron chi connectivity index (χ3n) is 7.49. The highest BCUT2D eigenvalue weighted by molar-refractivity contribution is 5.91. The Hall–Kier alpha value is -2.91. The number of halogens is 3. The Morgan fingerprint density at radius 3 is 2.50 bits per heavy atom. The minimum atomic E-state index is -3.78. The molecule has 0 aliphatic carbocycles. The number of nitrogens with zero attached hydrogens (tertiary/aromatic N) is 3. The van der Waals surface area contributed by atoms with Crippen LogP contribution in [0, 0.1) is 19.7 Å². The Balaban J connectivity index is 1.68. The zero-order valence-electron chi connectivity index (χ0n) is 23.1. The number of nitrogens with one attached hydrogen (secondary N) is 1. The number of alkyl halides is 2. The number of hydrogen-bond acceptors (Lipinski definition) is 6. The summed E-state index contributed by atoms with van der Waals surface area (Å²) >= 11 is 0. The number of rotatable bonds is 8. The van der Waals surface area contributed by atoms with E-state index < -0.39 is 28.9 Å². The van der Waals surface area contributed by atoms with Gasteiger partial charge >= 0.3 is 5.92 Å². The molecular formula is C29H37F3N4O2. The van der Waals surface area contributed by atoms with Gasteiger partial charge in [0.25, 0.3) is 0 Å². The van der Waals surface area contributed by atoms with Crippen LogP contribution in [0.5, 0.6) is 5.75 Å². The number of aliphatic hydroxyl groups is 1. The summed E-state index contributed by atoms with van der Waals surface area (Å²) in [6.07, 6.45) is 2.20. The van der Waals surface area contributed by atoms with Crippen molar-refractivity contribution in [3.8, 4) is 5.75 Å². The van der Waals surface area contributed by atoms with E-state index in [-0.39, 0.29) is 11.7 Å². The first-order valence-electron chi connectivity index (χ1n) is 13.0. The maximum Gasteiger partial charge on any atom is 0.303 e. The summed E-state index contributed by atoms with van der Waals surface area (Å²) in [6.45, 7) is 10.5. The van der Waals surface area contributed by atoms with E-state index in [0.717, 1.165) is 44.9 Å². The molecule has 9 heteroatoms. The summed E-state index contributed by atoms with van der Waals surface area (Å²) in [7, 11) is 2.11. The van der Waals surface area contributed by atoms with Crippen molar-refractivity contribution in [3.63, 3.8) is 0 Å². The molecule has 3 aromatic rings. The lowest BCUT2D eigenvalue weighted by Gasteiger charge is -2.30. The van der Waals surface area contributed by atoms with Gasteiger partial charge in [-0.3, -0.25) is 4.90 Å². The van der Waals surface area contributed by atoms with Crippen molar-refractivity contribution < 1.29 is 23.0 Å². The largest absolute Gasteiger partial charge is 0.489 e. The van der Waals surface area contributed by atoms with Crippen molar-refractivity contribution in [3.05, 3.63) is 58.7 Å². The summed E-state index contributed by atoms with van der Waals surface area (Å²) in [6, 6.07) is 7.27. The summed E-state index contributed by atoms with van der Waals surface area (Å²) < 4.78 is 51.5. The standard InChI is InChI=1S/C29H37F3N4O2/c1-16-14-23-21(15-25(16)38-18(3)24-12-9-13-36(24)7)27(35-19(4)34-23)33-17(2)20-10-8-11-22(26(20)30)29(31,32)28(5,6)37/h8,10-11,14-15,17-18,24,37H,9,12-13H2,1-7H3,(H,33,34,35)/t17-,18-,24+/m1/s1. The minimum Gasteiger partial charge on any atom is -0.489 e. The van der Waals surface area contributed by atoms with Crippen LogP contribution in [-0.4, -0.2) is 51.3 Å². The number of benzene rings is 2. The Bertz CT molecular complexity index is 1330. The van der Waals surface area contributed by atoms with Gasteiger partial charge in [-0.1, -0.05) is 12.1 Å². The number of aryl methyl sites for hydroxylation is 2. The highest BCUT2D eigenvalue weighted by Crippen LogP contribution is 2.41. The normalized spacial score (nSPS) is 18.6. The fourth-order valence-electron chi connectivity index (χ4n) is 5.16. The van der Waals surface area contributed by atoms with Crippen molar-refractivity contribution in [2.24, 2.45) is 0 Å². The lowest BCUT2D eigenvalue weighted by atomic mass is 9.91. The highest BCUT2D eigenvalue weighted by Gasteiger charge is 2.49. The Kier molecular flexibility index (Phi) is 7.65. The number of likely N-dealkylation sites (N-methyl/N-ethyl adjacent to an activating group) is 1. The number of likely N-dealkylation sites (tertiary alicyclic amines) is 1. The number of aromatic nitrogens is 2. The van der Waals surface area contributed by atoms with E-state index in [0.29, 0.717) is 34.3 Å². The minimum absolute atomic E-state index is 0.0189.